The molecule has 0 unspecified atom stereocenters. The largest absolute Gasteiger partial charge is 0.495 e. The summed E-state index contributed by atoms with van der Waals surface area (Å²) >= 11 is 0. The fourth-order valence-corrected chi connectivity index (χ4v) is 3.40. The fourth-order valence-electron chi connectivity index (χ4n) is 3.40. The van der Waals surface area contributed by atoms with Gasteiger partial charge in [0.25, 0.3) is 0 Å². The van der Waals surface area contributed by atoms with Gasteiger partial charge in [-0.1, -0.05) is 6.07 Å². The van der Waals surface area contributed by atoms with Crippen LogP contribution in [0.2, 0.25) is 0 Å². The second kappa shape index (κ2) is 6.44. The Morgan fingerprint density at radius 3 is 2.85 bits per heavy atom. The molecule has 6 nitrogen and oxygen atoms in total. The summed E-state index contributed by atoms with van der Waals surface area (Å²) in [6.07, 6.45) is 4.25. The normalized spacial score (nSPS) is 13.8. The molecule has 1 aliphatic rings. The molecule has 2 heterocycles. The van der Waals surface area contributed by atoms with Crippen LogP contribution in [-0.2, 0) is 11.3 Å². The van der Waals surface area contributed by atoms with Crippen LogP contribution < -0.4 is 10.1 Å². The number of nitrogens with one attached hydrogen (secondary N) is 1. The van der Waals surface area contributed by atoms with E-state index < -0.39 is 0 Å². The summed E-state index contributed by atoms with van der Waals surface area (Å²) in [5.41, 5.74) is 4.73. The molecular weight excluding hydrogens is 328 g/mol. The molecule has 1 aromatic carbocycles. The second-order valence-corrected chi connectivity index (χ2v) is 6.87. The van der Waals surface area contributed by atoms with Crippen LogP contribution in [0, 0.1) is 13.8 Å². The third-order valence-corrected chi connectivity index (χ3v) is 4.78. The minimum atomic E-state index is -0.156. The van der Waals surface area contributed by atoms with Crippen molar-refractivity contribution in [3.05, 3.63) is 47.3 Å². The van der Waals surface area contributed by atoms with E-state index in [9.17, 15) is 4.79 Å². The molecule has 0 spiro atoms. The van der Waals surface area contributed by atoms with Crippen LogP contribution in [0.15, 0.2) is 30.5 Å². The number of aryl methyl sites for hydroxylation is 2. The third kappa shape index (κ3) is 3.03. The zero-order valence-corrected chi connectivity index (χ0v) is 15.2. The highest BCUT2D eigenvalue weighted by Gasteiger charge is 2.27. The van der Waals surface area contributed by atoms with Crippen molar-refractivity contribution >= 4 is 22.6 Å². The number of hydrogen-bond acceptors (Lipinski definition) is 4. The van der Waals surface area contributed by atoms with E-state index in [1.807, 2.05) is 38.2 Å². The van der Waals surface area contributed by atoms with Gasteiger partial charge in [-0.25, -0.2) is 9.67 Å². The number of methoxy groups -OCH3 is 1. The molecule has 0 radical (unpaired) electrons. The van der Waals surface area contributed by atoms with Gasteiger partial charge in [-0.3, -0.25) is 4.79 Å². The molecule has 26 heavy (non-hydrogen) atoms. The van der Waals surface area contributed by atoms with Gasteiger partial charge in [-0.15, -0.1) is 0 Å². The lowest BCUT2D eigenvalue weighted by atomic mass is 10.1. The molecule has 0 atom stereocenters. The zero-order chi connectivity index (χ0) is 18.3. The van der Waals surface area contributed by atoms with Crippen molar-refractivity contribution in [1.82, 2.24) is 14.8 Å². The van der Waals surface area contributed by atoms with E-state index in [1.165, 1.54) is 18.4 Å². The highest BCUT2D eigenvalue weighted by Crippen LogP contribution is 2.43. The molecule has 3 aromatic rings. The number of pyridine rings is 1. The summed E-state index contributed by atoms with van der Waals surface area (Å²) in [6.45, 7) is 4.07. The minimum Gasteiger partial charge on any atom is -0.495 e. The van der Waals surface area contributed by atoms with Crippen molar-refractivity contribution in [3.8, 4) is 5.75 Å². The molecule has 1 saturated carbocycles. The lowest BCUT2D eigenvalue weighted by Crippen LogP contribution is -2.20. The van der Waals surface area contributed by atoms with Gasteiger partial charge in [0.15, 0.2) is 5.65 Å². The van der Waals surface area contributed by atoms with E-state index in [0.29, 0.717) is 17.4 Å². The topological polar surface area (TPSA) is 69.0 Å². The summed E-state index contributed by atoms with van der Waals surface area (Å²) in [6, 6.07) is 7.77. The number of fused-ring (bicyclic) bond motifs is 1. The lowest BCUT2D eigenvalue weighted by Gasteiger charge is -2.11. The van der Waals surface area contributed by atoms with Crippen LogP contribution >= 0.6 is 0 Å². The van der Waals surface area contributed by atoms with Crippen molar-refractivity contribution < 1.29 is 9.53 Å². The Morgan fingerprint density at radius 1 is 1.31 bits per heavy atom. The number of nitrogens with zero attached hydrogens (tertiary/aromatic N) is 3. The Kier molecular flexibility index (Phi) is 4.11. The molecule has 4 rings (SSSR count). The van der Waals surface area contributed by atoms with Crippen molar-refractivity contribution in [2.24, 2.45) is 0 Å². The highest BCUT2D eigenvalue weighted by molar-refractivity contribution is 5.93. The van der Waals surface area contributed by atoms with Crippen LogP contribution in [0.25, 0.3) is 11.0 Å². The van der Waals surface area contributed by atoms with E-state index in [4.69, 9.17) is 4.74 Å². The van der Waals surface area contributed by atoms with Crippen molar-refractivity contribution in [1.29, 1.82) is 0 Å². The van der Waals surface area contributed by atoms with Crippen LogP contribution in [-0.4, -0.2) is 27.8 Å². The molecular formula is C20H22N4O2. The van der Waals surface area contributed by atoms with Crippen molar-refractivity contribution in [3.63, 3.8) is 0 Å². The van der Waals surface area contributed by atoms with Gasteiger partial charge >= 0.3 is 0 Å². The van der Waals surface area contributed by atoms with Gasteiger partial charge in [0.1, 0.15) is 12.3 Å². The van der Waals surface area contributed by atoms with Crippen LogP contribution in [0.4, 0.5) is 5.69 Å². The quantitative estimate of drug-likeness (QED) is 0.764. The van der Waals surface area contributed by atoms with Gasteiger partial charge in [-0.2, -0.15) is 5.10 Å². The Balaban J connectivity index is 1.61. The van der Waals surface area contributed by atoms with E-state index in [1.54, 1.807) is 11.8 Å². The number of aromatic nitrogens is 3. The first kappa shape index (κ1) is 16.6. The Morgan fingerprint density at radius 2 is 2.12 bits per heavy atom. The molecule has 134 valence electrons. The lowest BCUT2D eigenvalue weighted by molar-refractivity contribution is -0.116. The maximum Gasteiger partial charge on any atom is 0.246 e. The number of anilines is 1. The van der Waals surface area contributed by atoms with Gasteiger partial charge in [0.2, 0.25) is 5.91 Å². The Bertz CT molecular complexity index is 989. The van der Waals surface area contributed by atoms with Gasteiger partial charge < -0.3 is 10.1 Å². The van der Waals surface area contributed by atoms with E-state index >= 15 is 0 Å². The van der Waals surface area contributed by atoms with Gasteiger partial charge in [0.05, 0.1) is 18.5 Å². The Labute approximate surface area is 152 Å². The van der Waals surface area contributed by atoms with Crippen LogP contribution in [0.1, 0.15) is 35.6 Å². The van der Waals surface area contributed by atoms with E-state index in [-0.39, 0.29) is 12.5 Å². The summed E-state index contributed by atoms with van der Waals surface area (Å²) in [7, 11) is 1.59. The molecule has 6 heteroatoms. The number of carbonyl (C=O) groups excluding carboxylic acids is 1. The van der Waals surface area contributed by atoms with Crippen LogP contribution in [0.5, 0.6) is 5.75 Å². The summed E-state index contributed by atoms with van der Waals surface area (Å²) in [5.74, 6) is 1.10. The van der Waals surface area contributed by atoms with Gasteiger partial charge in [-0.05, 0) is 61.9 Å². The second-order valence-electron chi connectivity index (χ2n) is 6.87. The number of hydrogen-bond donors (Lipinski definition) is 1. The molecule has 1 N–H and O–H groups in total. The molecule has 0 aliphatic heterocycles. The Hall–Kier alpha value is -2.89. The summed E-state index contributed by atoms with van der Waals surface area (Å²) < 4.78 is 7.01. The first-order chi connectivity index (χ1) is 12.6. The highest BCUT2D eigenvalue weighted by atomic mass is 16.5. The van der Waals surface area contributed by atoms with Gasteiger partial charge in [0, 0.05) is 11.6 Å². The summed E-state index contributed by atoms with van der Waals surface area (Å²) in [4.78, 5) is 17.1. The SMILES string of the molecule is COc1ccc(C)cc1NC(=O)Cn1nc(C)c2c(C3CC3)ccnc21. The zero-order valence-electron chi connectivity index (χ0n) is 15.2. The van der Waals surface area contributed by atoms with Crippen LogP contribution in [0.3, 0.4) is 0 Å². The molecule has 1 amide bonds. The number of ether oxygens (including phenoxy) is 1. The molecule has 0 bridgehead atoms. The van der Waals surface area contributed by atoms with E-state index in [2.05, 4.69) is 21.5 Å². The monoisotopic (exact) mass is 350 g/mol. The predicted octanol–water partition coefficient (Wildman–Crippen LogP) is 3.57. The smallest absolute Gasteiger partial charge is 0.246 e. The molecule has 1 aliphatic carbocycles. The fraction of sp³-hybridized carbons (Fsp3) is 0.350. The van der Waals surface area contributed by atoms with Crippen molar-refractivity contribution in [2.45, 2.75) is 39.2 Å². The third-order valence-electron chi connectivity index (χ3n) is 4.78. The predicted molar refractivity (Wildman–Crippen MR) is 101 cm³/mol. The number of rotatable bonds is 5. The standard InChI is InChI=1S/C20H22N4O2/c1-12-4-7-17(26-3)16(10-12)22-18(25)11-24-20-19(13(2)23-24)15(8-9-21-20)14-5-6-14/h4,7-10,14H,5-6,11H2,1-3H3,(H,22,25). The van der Waals surface area contributed by atoms with E-state index in [0.717, 1.165) is 22.3 Å². The molecule has 0 saturated heterocycles. The first-order valence-electron chi connectivity index (χ1n) is 8.83. The minimum absolute atomic E-state index is 0.114. The average molecular weight is 350 g/mol. The summed E-state index contributed by atoms with van der Waals surface area (Å²) in [5, 5.41) is 8.58. The number of carbonyl (C=O) groups is 1. The van der Waals surface area contributed by atoms with Crippen molar-refractivity contribution in [2.75, 3.05) is 12.4 Å². The number of benzene rings is 1. The molecule has 2 aromatic heterocycles. The maximum atomic E-state index is 12.6. The molecule has 1 fully saturated rings. The first-order valence-corrected chi connectivity index (χ1v) is 8.83. The average Bonchev–Trinajstić information content (AvgIpc) is 3.41. The maximum absolute atomic E-state index is 12.6. The number of amides is 1.